The van der Waals surface area contributed by atoms with Crippen molar-refractivity contribution in [2.24, 2.45) is 0 Å². The number of sulfonamides is 1. The minimum atomic E-state index is -3.62. The summed E-state index contributed by atoms with van der Waals surface area (Å²) in [5.41, 5.74) is 0.635. The number of hydrogen-bond donors (Lipinski definition) is 1. The minimum absolute atomic E-state index is 0.119. The van der Waals surface area contributed by atoms with Gasteiger partial charge in [-0.05, 0) is 24.6 Å². The summed E-state index contributed by atoms with van der Waals surface area (Å²) in [5.74, 6) is 0.700. The van der Waals surface area contributed by atoms with Crippen molar-refractivity contribution in [1.29, 1.82) is 0 Å². The van der Waals surface area contributed by atoms with Crippen LogP contribution < -0.4 is 5.32 Å². The summed E-state index contributed by atoms with van der Waals surface area (Å²) in [6.45, 7) is 7.93. The second-order valence-electron chi connectivity index (χ2n) is 7.54. The van der Waals surface area contributed by atoms with Crippen LogP contribution in [-0.2, 0) is 21.9 Å². The first kappa shape index (κ1) is 21.0. The van der Waals surface area contributed by atoms with Crippen LogP contribution in [0.4, 0.5) is 0 Å². The lowest BCUT2D eigenvalue weighted by atomic mass is 9.97. The zero-order valence-corrected chi connectivity index (χ0v) is 17.3. The van der Waals surface area contributed by atoms with Crippen LogP contribution >= 0.6 is 0 Å². The highest BCUT2D eigenvalue weighted by molar-refractivity contribution is 7.89. The third-order valence-electron chi connectivity index (χ3n) is 3.95. The van der Waals surface area contributed by atoms with Crippen LogP contribution in [0.1, 0.15) is 48.4 Å². The van der Waals surface area contributed by atoms with E-state index in [0.717, 1.165) is 4.31 Å². The van der Waals surface area contributed by atoms with E-state index in [0.29, 0.717) is 30.2 Å². The maximum atomic E-state index is 12.4. The summed E-state index contributed by atoms with van der Waals surface area (Å²) < 4.78 is 31.1. The number of aromatic nitrogens is 2. The fraction of sp³-hybridized carbons (Fsp3) is 0.500. The van der Waals surface area contributed by atoms with Crippen LogP contribution in [0, 0.1) is 6.92 Å². The van der Waals surface area contributed by atoms with E-state index in [9.17, 15) is 13.2 Å². The van der Waals surface area contributed by atoms with Gasteiger partial charge in [-0.1, -0.05) is 32.0 Å². The molecule has 1 amide bonds. The van der Waals surface area contributed by atoms with Gasteiger partial charge >= 0.3 is 0 Å². The van der Waals surface area contributed by atoms with Gasteiger partial charge < -0.3 is 9.84 Å². The van der Waals surface area contributed by atoms with Crippen molar-refractivity contribution in [3.63, 3.8) is 0 Å². The fourth-order valence-electron chi connectivity index (χ4n) is 2.27. The van der Waals surface area contributed by atoms with Crippen molar-refractivity contribution in [3.8, 4) is 0 Å². The third-order valence-corrected chi connectivity index (χ3v) is 5.91. The fourth-order valence-corrected chi connectivity index (χ4v) is 3.41. The summed E-state index contributed by atoms with van der Waals surface area (Å²) in [4.78, 5) is 16.8. The molecule has 0 saturated carbocycles. The number of nitrogens with zero attached hydrogens (tertiary/aromatic N) is 3. The Kier molecular flexibility index (Phi) is 6.06. The number of rotatable bonds is 6. The van der Waals surface area contributed by atoms with Gasteiger partial charge in [-0.3, -0.25) is 4.79 Å². The Hall–Kier alpha value is -2.26. The van der Waals surface area contributed by atoms with Crippen molar-refractivity contribution in [2.75, 3.05) is 20.6 Å². The molecule has 0 saturated heterocycles. The van der Waals surface area contributed by atoms with Crippen LogP contribution in [0.15, 0.2) is 27.6 Å². The Morgan fingerprint density at radius 1 is 1.26 bits per heavy atom. The summed E-state index contributed by atoms with van der Waals surface area (Å²) >= 11 is 0. The van der Waals surface area contributed by atoms with E-state index in [1.165, 1.54) is 20.2 Å². The topological polar surface area (TPSA) is 105 Å². The summed E-state index contributed by atoms with van der Waals surface area (Å²) in [5, 5.41) is 6.66. The van der Waals surface area contributed by atoms with Crippen molar-refractivity contribution in [3.05, 3.63) is 41.0 Å². The molecule has 2 aromatic rings. The zero-order valence-electron chi connectivity index (χ0n) is 16.5. The molecule has 0 unspecified atom stereocenters. The summed E-state index contributed by atoms with van der Waals surface area (Å²) in [7, 11) is -0.704. The lowest BCUT2D eigenvalue weighted by molar-refractivity contribution is 0.0953. The molecule has 0 aliphatic heterocycles. The Labute approximate surface area is 160 Å². The summed E-state index contributed by atoms with van der Waals surface area (Å²) in [6.07, 6.45) is 0.417. The molecular weight excluding hydrogens is 368 g/mol. The van der Waals surface area contributed by atoms with Crippen molar-refractivity contribution < 1.29 is 17.7 Å². The molecule has 0 aliphatic rings. The zero-order chi connectivity index (χ0) is 20.4. The molecule has 0 atom stereocenters. The van der Waals surface area contributed by atoms with Crippen LogP contribution in [0.2, 0.25) is 0 Å². The lowest BCUT2D eigenvalue weighted by Crippen LogP contribution is -2.27. The Morgan fingerprint density at radius 2 is 1.93 bits per heavy atom. The van der Waals surface area contributed by atoms with Crippen LogP contribution in [0.3, 0.4) is 0 Å². The van der Waals surface area contributed by atoms with Gasteiger partial charge in [-0.25, -0.2) is 12.7 Å². The molecule has 1 aromatic carbocycles. The molecule has 148 valence electrons. The van der Waals surface area contributed by atoms with Gasteiger partial charge in [0.05, 0.1) is 4.90 Å². The highest BCUT2D eigenvalue weighted by atomic mass is 32.2. The molecule has 1 aromatic heterocycles. The van der Waals surface area contributed by atoms with Gasteiger partial charge in [0, 0.05) is 38.0 Å². The van der Waals surface area contributed by atoms with E-state index in [1.54, 1.807) is 19.1 Å². The van der Waals surface area contributed by atoms with Gasteiger partial charge in [-0.2, -0.15) is 4.98 Å². The van der Waals surface area contributed by atoms with E-state index in [-0.39, 0.29) is 21.8 Å². The molecular formula is C18H26N4O4S. The molecule has 1 heterocycles. The van der Waals surface area contributed by atoms with Gasteiger partial charge in [-0.15, -0.1) is 0 Å². The van der Waals surface area contributed by atoms with Gasteiger partial charge in [0.1, 0.15) is 0 Å². The van der Waals surface area contributed by atoms with Gasteiger partial charge in [0.25, 0.3) is 5.91 Å². The Bertz CT molecular complexity index is 927. The van der Waals surface area contributed by atoms with E-state index >= 15 is 0 Å². The number of benzene rings is 1. The monoisotopic (exact) mass is 394 g/mol. The van der Waals surface area contributed by atoms with Crippen LogP contribution in [0.25, 0.3) is 0 Å². The molecule has 0 aliphatic carbocycles. The molecule has 9 heteroatoms. The first-order valence-corrected chi connectivity index (χ1v) is 10.0. The number of carbonyl (C=O) groups is 1. The van der Waals surface area contributed by atoms with E-state index < -0.39 is 10.0 Å². The molecule has 0 fully saturated rings. The van der Waals surface area contributed by atoms with Crippen molar-refractivity contribution in [1.82, 2.24) is 19.8 Å². The second kappa shape index (κ2) is 7.77. The predicted octanol–water partition coefficient (Wildman–Crippen LogP) is 1.90. The van der Waals surface area contributed by atoms with E-state index in [2.05, 4.69) is 15.5 Å². The number of amides is 1. The molecule has 0 radical (unpaired) electrons. The average Bonchev–Trinajstić information content (AvgIpc) is 3.04. The summed E-state index contributed by atoms with van der Waals surface area (Å²) in [6, 6.07) is 4.62. The standard InChI is InChI=1S/C18H26N4O4S/c1-12-7-8-13(11-14(12)27(24,25)22(5)6)16(23)19-10-9-15-20-17(26-21-15)18(2,3)4/h7-8,11H,9-10H2,1-6H3,(H,19,23). The number of carbonyl (C=O) groups excluding carboxylic acids is 1. The molecule has 8 nitrogen and oxygen atoms in total. The molecule has 1 N–H and O–H groups in total. The SMILES string of the molecule is Cc1ccc(C(=O)NCCc2noc(C(C)(C)C)n2)cc1S(=O)(=O)N(C)C. The van der Waals surface area contributed by atoms with Crippen LogP contribution in [-0.4, -0.2) is 49.4 Å². The first-order valence-electron chi connectivity index (χ1n) is 8.57. The van der Waals surface area contributed by atoms with Crippen LogP contribution in [0.5, 0.6) is 0 Å². The van der Waals surface area contributed by atoms with E-state index in [1.807, 2.05) is 20.8 Å². The first-order chi connectivity index (χ1) is 12.4. The average molecular weight is 394 g/mol. The molecule has 27 heavy (non-hydrogen) atoms. The molecule has 0 bridgehead atoms. The van der Waals surface area contributed by atoms with Gasteiger partial charge in [0.15, 0.2) is 5.82 Å². The highest BCUT2D eigenvalue weighted by Gasteiger charge is 2.23. The van der Waals surface area contributed by atoms with Gasteiger partial charge in [0.2, 0.25) is 15.9 Å². The predicted molar refractivity (Wildman–Crippen MR) is 101 cm³/mol. The highest BCUT2D eigenvalue weighted by Crippen LogP contribution is 2.20. The third kappa shape index (κ3) is 4.92. The normalized spacial score (nSPS) is 12.4. The smallest absolute Gasteiger partial charge is 0.251 e. The second-order valence-corrected chi connectivity index (χ2v) is 9.66. The number of nitrogens with one attached hydrogen (secondary N) is 1. The van der Waals surface area contributed by atoms with E-state index in [4.69, 9.17) is 4.52 Å². The Balaban J connectivity index is 2.05. The maximum Gasteiger partial charge on any atom is 0.251 e. The molecule has 0 spiro atoms. The lowest BCUT2D eigenvalue weighted by Gasteiger charge is -2.14. The largest absolute Gasteiger partial charge is 0.352 e. The number of aryl methyl sites for hydroxylation is 1. The quantitative estimate of drug-likeness (QED) is 0.802. The molecule has 2 rings (SSSR count). The van der Waals surface area contributed by atoms with Crippen molar-refractivity contribution in [2.45, 2.75) is 44.4 Å². The Morgan fingerprint density at radius 3 is 2.48 bits per heavy atom. The minimum Gasteiger partial charge on any atom is -0.352 e. The van der Waals surface area contributed by atoms with Crippen molar-refractivity contribution >= 4 is 15.9 Å². The maximum absolute atomic E-state index is 12.4. The number of hydrogen-bond acceptors (Lipinski definition) is 6.